The monoisotopic (exact) mass is 342 g/mol. The summed E-state index contributed by atoms with van der Waals surface area (Å²) >= 11 is 7.74. The van der Waals surface area contributed by atoms with E-state index >= 15 is 0 Å². The van der Waals surface area contributed by atoms with E-state index in [1.54, 1.807) is 17.8 Å². The molecule has 1 heterocycles. The normalized spacial score (nSPS) is 25.4. The minimum absolute atomic E-state index is 0.0779. The van der Waals surface area contributed by atoms with Crippen LogP contribution < -0.4 is 0 Å². The van der Waals surface area contributed by atoms with Crippen LogP contribution in [0.2, 0.25) is 0 Å². The Morgan fingerprint density at radius 3 is 2.86 bits per heavy atom. The number of thioether (sulfide) groups is 2. The van der Waals surface area contributed by atoms with Crippen molar-refractivity contribution in [3.05, 3.63) is 29.8 Å². The zero-order valence-corrected chi connectivity index (χ0v) is 15.1. The first-order valence-corrected chi connectivity index (χ1v) is 9.63. The lowest BCUT2D eigenvalue weighted by Gasteiger charge is -2.15. The van der Waals surface area contributed by atoms with Crippen LogP contribution in [0.25, 0.3) is 0 Å². The molecule has 2 rings (SSSR count). The molecule has 1 aliphatic heterocycles. The third kappa shape index (κ3) is 4.34. The molecular weight excluding hydrogens is 320 g/mol. The second-order valence-electron chi connectivity index (χ2n) is 5.29. The highest BCUT2D eigenvalue weighted by Crippen LogP contribution is 2.55. The maximum Gasteiger partial charge on any atom is 0.125 e. The first kappa shape index (κ1) is 17.1. The lowest BCUT2D eigenvalue weighted by molar-refractivity contribution is 0.355. The maximum absolute atomic E-state index is 9.99. The highest BCUT2D eigenvalue weighted by atomic mass is 32.2. The average molecular weight is 343 g/mol. The van der Waals surface area contributed by atoms with Gasteiger partial charge in [0.05, 0.1) is 5.25 Å². The van der Waals surface area contributed by atoms with E-state index in [1.807, 2.05) is 36.2 Å². The van der Waals surface area contributed by atoms with Gasteiger partial charge < -0.3 is 10.0 Å². The van der Waals surface area contributed by atoms with E-state index in [-0.39, 0.29) is 4.87 Å². The van der Waals surface area contributed by atoms with Gasteiger partial charge in [-0.05, 0) is 32.4 Å². The first-order chi connectivity index (χ1) is 10.00. The number of phenols is 1. The number of nitrogens with zero attached hydrogens (tertiary/aromatic N) is 2. The van der Waals surface area contributed by atoms with Crippen molar-refractivity contribution in [3.63, 3.8) is 0 Å². The second-order valence-corrected chi connectivity index (χ2v) is 8.16. The second kappa shape index (κ2) is 7.31. The summed E-state index contributed by atoms with van der Waals surface area (Å²) in [5, 5.41) is 11.4. The molecule has 0 radical (unpaired) electrons. The van der Waals surface area contributed by atoms with E-state index in [0.717, 1.165) is 29.4 Å². The molecule has 1 aromatic carbocycles. The van der Waals surface area contributed by atoms with Crippen LogP contribution in [0, 0.1) is 0 Å². The molecule has 1 N–H and O–H groups in total. The molecule has 0 bridgehead atoms. The molecule has 6 heteroatoms. The highest BCUT2D eigenvalue weighted by molar-refractivity contribution is 8.14. The fourth-order valence-corrected chi connectivity index (χ4v) is 4.36. The molecule has 116 valence electrons. The van der Waals surface area contributed by atoms with Gasteiger partial charge >= 0.3 is 0 Å². The predicted molar refractivity (Wildman–Crippen MR) is 99.3 cm³/mol. The van der Waals surface area contributed by atoms with Crippen LogP contribution in [0.1, 0.15) is 12.5 Å². The minimum Gasteiger partial charge on any atom is -0.507 e. The lowest BCUT2D eigenvalue weighted by Crippen LogP contribution is -2.28. The van der Waals surface area contributed by atoms with Crippen molar-refractivity contribution >= 4 is 41.2 Å². The number of aromatic hydroxyl groups is 1. The van der Waals surface area contributed by atoms with Crippen LogP contribution in [0.4, 0.5) is 0 Å². The van der Waals surface area contributed by atoms with E-state index in [1.165, 1.54) is 0 Å². The van der Waals surface area contributed by atoms with E-state index < -0.39 is 0 Å². The molecule has 0 aromatic heterocycles. The maximum atomic E-state index is 9.99. The highest BCUT2D eigenvalue weighted by Gasteiger charge is 2.52. The molecule has 0 amide bonds. The first-order valence-electron chi connectivity index (χ1n) is 6.89. The topological polar surface area (TPSA) is 35.8 Å². The molecule has 1 saturated heterocycles. The predicted octanol–water partition coefficient (Wildman–Crippen LogP) is 3.20. The van der Waals surface area contributed by atoms with Crippen LogP contribution in [0.5, 0.6) is 5.75 Å². The number of phenolic OH excluding ortho intramolecular Hbond substituents is 1. The van der Waals surface area contributed by atoms with Crippen molar-refractivity contribution in [1.82, 2.24) is 4.90 Å². The van der Waals surface area contributed by atoms with Gasteiger partial charge in [-0.3, -0.25) is 4.99 Å². The van der Waals surface area contributed by atoms with Gasteiger partial charge in [-0.15, -0.1) is 23.5 Å². The third-order valence-electron chi connectivity index (χ3n) is 3.53. The van der Waals surface area contributed by atoms with Crippen molar-refractivity contribution in [2.45, 2.75) is 17.0 Å². The Hall–Kier alpha value is -0.300. The van der Waals surface area contributed by atoms with Gasteiger partial charge in [-0.2, -0.15) is 12.6 Å². The Morgan fingerprint density at radius 2 is 2.24 bits per heavy atom. The fourth-order valence-electron chi connectivity index (χ4n) is 2.18. The lowest BCUT2D eigenvalue weighted by atomic mass is 10.2. The number of aliphatic imine (C=N–C) groups is 1. The summed E-state index contributed by atoms with van der Waals surface area (Å²) < 4.78 is 0. The number of benzene rings is 1. The zero-order chi connectivity index (χ0) is 15.5. The summed E-state index contributed by atoms with van der Waals surface area (Å²) in [6.07, 6.45) is 2.00. The van der Waals surface area contributed by atoms with Gasteiger partial charge in [-0.1, -0.05) is 12.1 Å². The molecule has 0 spiro atoms. The van der Waals surface area contributed by atoms with E-state index in [9.17, 15) is 5.11 Å². The summed E-state index contributed by atoms with van der Waals surface area (Å²) in [5.41, 5.74) is 0.821. The van der Waals surface area contributed by atoms with Crippen molar-refractivity contribution in [2.24, 2.45) is 4.99 Å². The molecule has 1 aliphatic rings. The van der Waals surface area contributed by atoms with Gasteiger partial charge in [-0.25, -0.2) is 0 Å². The van der Waals surface area contributed by atoms with E-state index in [2.05, 4.69) is 31.5 Å². The van der Waals surface area contributed by atoms with Crippen LogP contribution >= 0.6 is 36.2 Å². The van der Waals surface area contributed by atoms with Crippen LogP contribution in [0.3, 0.4) is 0 Å². The van der Waals surface area contributed by atoms with Crippen molar-refractivity contribution in [3.8, 4) is 5.75 Å². The van der Waals surface area contributed by atoms with Gasteiger partial charge in [0.15, 0.2) is 0 Å². The summed E-state index contributed by atoms with van der Waals surface area (Å²) in [7, 11) is 2.12. The molecule has 2 atom stereocenters. The number of para-hydroxylation sites is 1. The van der Waals surface area contributed by atoms with Gasteiger partial charge in [0, 0.05) is 24.4 Å². The van der Waals surface area contributed by atoms with Gasteiger partial charge in [0.2, 0.25) is 0 Å². The standard InChI is InChI=1S/C15H22N2OS3/c1-15(13(21-15)10-17(2)8-9-19)16-14(20-3)11-6-4-5-7-12(11)18/h4-7,13,18-19H,8-10H2,1-3H3. The summed E-state index contributed by atoms with van der Waals surface area (Å²) in [5.74, 6) is 1.17. The Labute approximate surface area is 141 Å². The Kier molecular flexibility index (Phi) is 5.94. The Bertz CT molecular complexity index is 523. The molecule has 1 fully saturated rings. The fraction of sp³-hybridized carbons (Fsp3) is 0.533. The van der Waals surface area contributed by atoms with Crippen LogP contribution in [0.15, 0.2) is 29.3 Å². The quantitative estimate of drug-likeness (QED) is 0.360. The summed E-state index contributed by atoms with van der Waals surface area (Å²) in [6.45, 7) is 4.19. The van der Waals surface area contributed by atoms with Gasteiger partial charge in [0.1, 0.15) is 15.7 Å². The van der Waals surface area contributed by atoms with E-state index in [0.29, 0.717) is 11.0 Å². The molecule has 3 nitrogen and oxygen atoms in total. The van der Waals surface area contributed by atoms with Crippen LogP contribution in [-0.2, 0) is 0 Å². The molecule has 0 saturated carbocycles. The smallest absolute Gasteiger partial charge is 0.125 e. The van der Waals surface area contributed by atoms with E-state index in [4.69, 9.17) is 4.99 Å². The Balaban J connectivity index is 2.09. The van der Waals surface area contributed by atoms with Crippen LogP contribution in [-0.4, -0.2) is 57.3 Å². The van der Waals surface area contributed by atoms with Crippen molar-refractivity contribution in [2.75, 3.05) is 32.1 Å². The molecule has 21 heavy (non-hydrogen) atoms. The number of thiol groups is 1. The number of hydrogen-bond donors (Lipinski definition) is 2. The number of rotatable bonds is 6. The average Bonchev–Trinajstić information content (AvgIpc) is 3.07. The molecular formula is C15H22N2OS3. The largest absolute Gasteiger partial charge is 0.507 e. The molecule has 0 aliphatic carbocycles. The minimum atomic E-state index is -0.0779. The van der Waals surface area contributed by atoms with Crippen molar-refractivity contribution < 1.29 is 5.11 Å². The Morgan fingerprint density at radius 1 is 1.52 bits per heavy atom. The zero-order valence-electron chi connectivity index (χ0n) is 12.6. The van der Waals surface area contributed by atoms with Gasteiger partial charge in [0.25, 0.3) is 0 Å². The summed E-state index contributed by atoms with van der Waals surface area (Å²) in [4.78, 5) is 7.12. The van der Waals surface area contributed by atoms with Crippen molar-refractivity contribution in [1.29, 1.82) is 0 Å². The third-order valence-corrected chi connectivity index (χ3v) is 5.92. The number of hydrogen-bond acceptors (Lipinski definition) is 6. The molecule has 1 aromatic rings. The molecule has 2 unspecified atom stereocenters. The summed E-state index contributed by atoms with van der Waals surface area (Å²) in [6, 6.07) is 7.39. The SMILES string of the molecule is CSC(=NC1(C)SC1CN(C)CCS)c1ccccc1O.